The molecule has 6 nitrogen and oxygen atoms in total. The highest BCUT2D eigenvalue weighted by Crippen LogP contribution is 2.19. The minimum atomic E-state index is -3.59. The predicted octanol–water partition coefficient (Wildman–Crippen LogP) is 0.978. The van der Waals surface area contributed by atoms with E-state index in [2.05, 4.69) is 9.88 Å². The number of nitrogens with zero attached hydrogens (tertiary/aromatic N) is 1. The van der Waals surface area contributed by atoms with E-state index in [9.17, 15) is 8.42 Å². The fourth-order valence-corrected chi connectivity index (χ4v) is 3.23. The van der Waals surface area contributed by atoms with Gasteiger partial charge in [-0.15, -0.1) is 0 Å². The van der Waals surface area contributed by atoms with Gasteiger partial charge < -0.3 is 9.63 Å². The van der Waals surface area contributed by atoms with E-state index in [-0.39, 0.29) is 23.2 Å². The number of aromatic nitrogens is 1. The van der Waals surface area contributed by atoms with Crippen molar-refractivity contribution in [3.63, 3.8) is 0 Å². The fourth-order valence-electron chi connectivity index (χ4n) is 1.79. The van der Waals surface area contributed by atoms with Gasteiger partial charge in [0, 0.05) is 13.2 Å². The largest absolute Gasteiger partial charge is 0.396 e. The maximum Gasteiger partial charge on any atom is 0.245 e. The molecule has 1 unspecified atom stereocenters. The minimum Gasteiger partial charge on any atom is -0.396 e. The molecule has 18 heavy (non-hydrogen) atoms. The van der Waals surface area contributed by atoms with E-state index < -0.39 is 10.0 Å². The van der Waals surface area contributed by atoms with Gasteiger partial charge in [0.2, 0.25) is 10.0 Å². The Labute approximate surface area is 107 Å². The van der Waals surface area contributed by atoms with Crippen LogP contribution in [0.5, 0.6) is 0 Å². The molecule has 1 atom stereocenters. The summed E-state index contributed by atoms with van der Waals surface area (Å²) in [7, 11) is -3.59. The summed E-state index contributed by atoms with van der Waals surface area (Å²) in [6, 6.07) is 0. The van der Waals surface area contributed by atoms with E-state index >= 15 is 0 Å². The Kier molecular flexibility index (Phi) is 5.30. The fraction of sp³-hybridized carbons (Fsp3) is 0.727. The van der Waals surface area contributed by atoms with Gasteiger partial charge in [-0.1, -0.05) is 18.5 Å². The number of nitrogens with one attached hydrogen (secondary N) is 1. The van der Waals surface area contributed by atoms with E-state index in [1.807, 2.05) is 6.92 Å². The highest BCUT2D eigenvalue weighted by Gasteiger charge is 2.24. The van der Waals surface area contributed by atoms with Gasteiger partial charge in [0.15, 0.2) is 5.76 Å². The van der Waals surface area contributed by atoms with Crippen LogP contribution in [-0.4, -0.2) is 31.8 Å². The molecule has 104 valence electrons. The lowest BCUT2D eigenvalue weighted by molar-refractivity contribution is 0.254. The molecular formula is C11H20N2O4S. The van der Waals surface area contributed by atoms with E-state index in [1.54, 1.807) is 13.8 Å². The molecule has 1 aromatic heterocycles. The van der Waals surface area contributed by atoms with Crippen molar-refractivity contribution in [3.8, 4) is 0 Å². The Morgan fingerprint density at radius 3 is 2.56 bits per heavy atom. The maximum absolute atomic E-state index is 12.1. The Balaban J connectivity index is 2.77. The lowest BCUT2D eigenvalue weighted by Gasteiger charge is -2.14. The number of hydrogen-bond acceptors (Lipinski definition) is 5. The van der Waals surface area contributed by atoms with Crippen LogP contribution in [0.15, 0.2) is 9.42 Å². The zero-order valence-electron chi connectivity index (χ0n) is 10.9. The molecule has 0 saturated carbocycles. The van der Waals surface area contributed by atoms with Gasteiger partial charge >= 0.3 is 0 Å². The molecule has 0 fully saturated rings. The van der Waals surface area contributed by atoms with Gasteiger partial charge in [-0.2, -0.15) is 0 Å². The molecule has 1 rings (SSSR count). The molecule has 1 heterocycles. The van der Waals surface area contributed by atoms with E-state index in [4.69, 9.17) is 9.63 Å². The van der Waals surface area contributed by atoms with Gasteiger partial charge in [-0.3, -0.25) is 0 Å². The van der Waals surface area contributed by atoms with Gasteiger partial charge in [0.25, 0.3) is 0 Å². The van der Waals surface area contributed by atoms with Crippen LogP contribution in [0.2, 0.25) is 0 Å². The molecule has 7 heteroatoms. The molecule has 0 radical (unpaired) electrons. The lowest BCUT2D eigenvalue weighted by Crippen LogP contribution is -2.30. The first-order valence-electron chi connectivity index (χ1n) is 5.95. The Morgan fingerprint density at radius 2 is 2.11 bits per heavy atom. The molecular weight excluding hydrogens is 256 g/mol. The van der Waals surface area contributed by atoms with Crippen molar-refractivity contribution in [2.45, 2.75) is 38.5 Å². The summed E-state index contributed by atoms with van der Waals surface area (Å²) in [5.74, 6) is 0.417. The summed E-state index contributed by atoms with van der Waals surface area (Å²) in [6.07, 6.45) is 1.39. The molecule has 0 aromatic carbocycles. The summed E-state index contributed by atoms with van der Waals surface area (Å²) in [6.45, 7) is 5.50. The number of aliphatic hydroxyl groups is 1. The van der Waals surface area contributed by atoms with Gasteiger partial charge in [0.05, 0.1) is 0 Å². The van der Waals surface area contributed by atoms with Crippen molar-refractivity contribution in [1.29, 1.82) is 0 Å². The van der Waals surface area contributed by atoms with E-state index in [1.165, 1.54) is 0 Å². The average Bonchev–Trinajstić information content (AvgIpc) is 2.65. The molecule has 0 aliphatic carbocycles. The van der Waals surface area contributed by atoms with Crippen molar-refractivity contribution in [2.75, 3.05) is 13.2 Å². The summed E-state index contributed by atoms with van der Waals surface area (Å²) in [5, 5.41) is 12.5. The van der Waals surface area contributed by atoms with Crippen LogP contribution in [0.1, 0.15) is 31.2 Å². The Bertz CT molecular complexity index is 462. The lowest BCUT2D eigenvalue weighted by atomic mass is 10.0. The van der Waals surface area contributed by atoms with Gasteiger partial charge in [0.1, 0.15) is 10.6 Å². The monoisotopic (exact) mass is 276 g/mol. The van der Waals surface area contributed by atoms with Crippen molar-refractivity contribution < 1.29 is 18.0 Å². The minimum absolute atomic E-state index is 0.0611. The summed E-state index contributed by atoms with van der Waals surface area (Å²) in [5.41, 5.74) is 0.357. The number of aryl methyl sites for hydroxylation is 2. The summed E-state index contributed by atoms with van der Waals surface area (Å²) >= 11 is 0. The molecule has 2 N–H and O–H groups in total. The second-order valence-electron chi connectivity index (χ2n) is 4.29. The molecule has 0 aliphatic heterocycles. The van der Waals surface area contributed by atoms with Crippen molar-refractivity contribution >= 4 is 10.0 Å². The second-order valence-corrected chi connectivity index (χ2v) is 6.00. The molecule has 0 saturated heterocycles. The van der Waals surface area contributed by atoms with Crippen molar-refractivity contribution in [3.05, 3.63) is 11.5 Å². The molecule has 0 amide bonds. The van der Waals surface area contributed by atoms with Gasteiger partial charge in [-0.25, -0.2) is 13.1 Å². The maximum atomic E-state index is 12.1. The van der Waals surface area contributed by atoms with Crippen LogP contribution in [0.4, 0.5) is 0 Å². The molecule has 0 spiro atoms. The standard InChI is InChI=1S/C11H20N2O4S/c1-4-10(5-6-14)7-12-18(15,16)11-8(2)13-17-9(11)3/h10,12,14H,4-7H2,1-3H3. The van der Waals surface area contributed by atoms with Crippen molar-refractivity contribution in [2.24, 2.45) is 5.92 Å². The number of sulfonamides is 1. The topological polar surface area (TPSA) is 92.4 Å². The Morgan fingerprint density at radius 1 is 1.44 bits per heavy atom. The molecule has 0 aliphatic rings. The number of aliphatic hydroxyl groups excluding tert-OH is 1. The normalized spacial score (nSPS) is 13.8. The van der Waals surface area contributed by atoms with Crippen molar-refractivity contribution in [1.82, 2.24) is 9.88 Å². The van der Waals surface area contributed by atoms with E-state index in [0.29, 0.717) is 18.7 Å². The number of rotatable bonds is 7. The average molecular weight is 276 g/mol. The molecule has 0 bridgehead atoms. The zero-order valence-corrected chi connectivity index (χ0v) is 11.7. The van der Waals surface area contributed by atoms with Crippen LogP contribution in [-0.2, 0) is 10.0 Å². The van der Waals surface area contributed by atoms with Crippen LogP contribution >= 0.6 is 0 Å². The van der Waals surface area contributed by atoms with Crippen LogP contribution in [0, 0.1) is 19.8 Å². The highest BCUT2D eigenvalue weighted by molar-refractivity contribution is 7.89. The SMILES string of the molecule is CCC(CCO)CNS(=O)(=O)c1c(C)noc1C. The van der Waals surface area contributed by atoms with Crippen LogP contribution in [0.3, 0.4) is 0 Å². The number of hydrogen-bond donors (Lipinski definition) is 2. The summed E-state index contributed by atoms with van der Waals surface area (Å²) < 4.78 is 31.6. The van der Waals surface area contributed by atoms with Crippen LogP contribution in [0.25, 0.3) is 0 Å². The third kappa shape index (κ3) is 3.54. The smallest absolute Gasteiger partial charge is 0.245 e. The third-order valence-corrected chi connectivity index (χ3v) is 4.58. The first kappa shape index (κ1) is 15.1. The molecule has 1 aromatic rings. The van der Waals surface area contributed by atoms with Crippen LogP contribution < -0.4 is 4.72 Å². The quantitative estimate of drug-likeness (QED) is 0.774. The third-order valence-electron chi connectivity index (χ3n) is 2.91. The zero-order chi connectivity index (χ0) is 13.8. The van der Waals surface area contributed by atoms with E-state index in [0.717, 1.165) is 6.42 Å². The second kappa shape index (κ2) is 6.31. The predicted molar refractivity (Wildman–Crippen MR) is 66.6 cm³/mol. The van der Waals surface area contributed by atoms with Gasteiger partial charge in [-0.05, 0) is 26.2 Å². The first-order chi connectivity index (χ1) is 8.42. The highest BCUT2D eigenvalue weighted by atomic mass is 32.2. The Hall–Kier alpha value is -0.920. The first-order valence-corrected chi connectivity index (χ1v) is 7.44. The summed E-state index contributed by atoms with van der Waals surface area (Å²) in [4.78, 5) is 0.112.